The van der Waals surface area contributed by atoms with Crippen molar-refractivity contribution in [2.24, 2.45) is 10.7 Å². The Morgan fingerprint density at radius 3 is 2.36 bits per heavy atom. The fourth-order valence-corrected chi connectivity index (χ4v) is 2.10. The van der Waals surface area contributed by atoms with Crippen LogP contribution in [0.25, 0.3) is 0 Å². The number of benzene rings is 1. The second-order valence-electron chi connectivity index (χ2n) is 4.73. The number of nitrogens with two attached hydrogens (primary N) is 1. The monoisotopic (exact) mass is 333 g/mol. The second-order valence-corrected chi connectivity index (χ2v) is 4.73. The quantitative estimate of drug-likeness (QED) is 0.295. The van der Waals surface area contributed by atoms with E-state index < -0.39 is 37.3 Å². The van der Waals surface area contributed by atoms with Crippen LogP contribution in [0, 0.1) is 0 Å². The number of rotatable bonds is 4. The maximum absolute atomic E-state index is 9.76. The Labute approximate surface area is 133 Å². The van der Waals surface area contributed by atoms with Crippen molar-refractivity contribution in [2.45, 2.75) is 30.6 Å². The van der Waals surface area contributed by atoms with Crippen molar-refractivity contribution in [3.63, 3.8) is 0 Å². The average Bonchev–Trinajstić information content (AvgIpc) is 2.73. The molecular weight excluding hydrogens is 314 g/mol. The molecule has 0 bridgehead atoms. The minimum absolute atomic E-state index is 0. The summed E-state index contributed by atoms with van der Waals surface area (Å²) in [4.78, 5) is 4.02. The molecule has 5 atom stereocenters. The van der Waals surface area contributed by atoms with Gasteiger partial charge >= 0.3 is 0 Å². The van der Waals surface area contributed by atoms with Crippen LogP contribution in [-0.4, -0.2) is 63.6 Å². The first-order valence-corrected chi connectivity index (χ1v) is 6.48. The van der Waals surface area contributed by atoms with E-state index in [1.54, 1.807) is 12.1 Å². The van der Waals surface area contributed by atoms with Crippen LogP contribution < -0.4 is 11.1 Å². The molecule has 124 valence electrons. The standard InChI is InChI=1S/C13H19N3O5.ClH/c14-13(15-7-4-2-1-3-5-7)16-8(6-17)11-9(18)10(19)12(20)21-11;/h1-5,8-12,17-20H,6H2,(H3,14,15,16);1H/t8-,9+,10+,11+,12?;/m0./s1. The predicted octanol–water partition coefficient (Wildman–Crippen LogP) is -1.37. The van der Waals surface area contributed by atoms with Crippen molar-refractivity contribution in [2.75, 3.05) is 11.9 Å². The number of halogens is 1. The molecule has 1 fully saturated rings. The SMILES string of the molecule is Cl.NC(=N[C@@H](CO)[C@H]1OC(O)[C@H](O)[C@H]1O)Nc1ccccc1. The van der Waals surface area contributed by atoms with Crippen LogP contribution in [0.15, 0.2) is 35.3 Å². The number of hydrogen-bond donors (Lipinski definition) is 6. The van der Waals surface area contributed by atoms with Crippen LogP contribution in [0.3, 0.4) is 0 Å². The van der Waals surface area contributed by atoms with Crippen molar-refractivity contribution in [3.8, 4) is 0 Å². The molecular formula is C13H20ClN3O5. The first-order valence-electron chi connectivity index (χ1n) is 6.48. The first kappa shape index (κ1) is 18.6. The number of anilines is 1. The van der Waals surface area contributed by atoms with Crippen LogP contribution in [-0.2, 0) is 4.74 Å². The Hall–Kier alpha value is -1.42. The molecule has 8 nitrogen and oxygen atoms in total. The second kappa shape index (κ2) is 8.28. The number of nitrogens with zero attached hydrogens (tertiary/aromatic N) is 1. The van der Waals surface area contributed by atoms with Crippen LogP contribution in [0.1, 0.15) is 0 Å². The average molecular weight is 334 g/mol. The Balaban J connectivity index is 0.00000242. The van der Waals surface area contributed by atoms with Gasteiger partial charge in [0.2, 0.25) is 0 Å². The highest BCUT2D eigenvalue weighted by Gasteiger charge is 2.45. The van der Waals surface area contributed by atoms with Crippen molar-refractivity contribution in [3.05, 3.63) is 30.3 Å². The molecule has 1 heterocycles. The fraction of sp³-hybridized carbons (Fsp3) is 0.462. The van der Waals surface area contributed by atoms with Gasteiger partial charge in [0, 0.05) is 5.69 Å². The Bertz CT molecular complexity index is 490. The van der Waals surface area contributed by atoms with Crippen molar-refractivity contribution < 1.29 is 25.2 Å². The zero-order valence-electron chi connectivity index (χ0n) is 11.6. The summed E-state index contributed by atoms with van der Waals surface area (Å²) in [5.41, 5.74) is 6.44. The van der Waals surface area contributed by atoms with Crippen LogP contribution in [0.5, 0.6) is 0 Å². The van der Waals surface area contributed by atoms with E-state index in [1.807, 2.05) is 18.2 Å². The van der Waals surface area contributed by atoms with Gasteiger partial charge in [-0.05, 0) is 12.1 Å². The number of aliphatic hydroxyl groups excluding tert-OH is 4. The molecule has 1 aromatic carbocycles. The molecule has 0 saturated carbocycles. The van der Waals surface area contributed by atoms with E-state index in [9.17, 15) is 20.4 Å². The largest absolute Gasteiger partial charge is 0.394 e. The van der Waals surface area contributed by atoms with Crippen LogP contribution in [0.4, 0.5) is 5.69 Å². The van der Waals surface area contributed by atoms with Gasteiger partial charge in [0.15, 0.2) is 12.2 Å². The molecule has 0 amide bonds. The van der Waals surface area contributed by atoms with Gasteiger partial charge in [-0.25, -0.2) is 4.99 Å². The molecule has 1 aliphatic rings. The van der Waals surface area contributed by atoms with E-state index in [0.717, 1.165) is 0 Å². The summed E-state index contributed by atoms with van der Waals surface area (Å²) in [5.74, 6) is 0.0203. The minimum atomic E-state index is -1.52. The summed E-state index contributed by atoms with van der Waals surface area (Å²) < 4.78 is 5.00. The number of hydrogen-bond acceptors (Lipinski definition) is 6. The normalized spacial score (nSPS) is 29.7. The number of nitrogens with one attached hydrogen (secondary N) is 1. The highest BCUT2D eigenvalue weighted by atomic mass is 35.5. The topological polar surface area (TPSA) is 141 Å². The van der Waals surface area contributed by atoms with Crippen LogP contribution in [0.2, 0.25) is 0 Å². The summed E-state index contributed by atoms with van der Waals surface area (Å²) >= 11 is 0. The zero-order chi connectivity index (χ0) is 15.4. The molecule has 1 unspecified atom stereocenters. The molecule has 9 heteroatoms. The lowest BCUT2D eigenvalue weighted by molar-refractivity contribution is -0.131. The lowest BCUT2D eigenvalue weighted by Crippen LogP contribution is -2.41. The zero-order valence-corrected chi connectivity index (χ0v) is 12.4. The Morgan fingerprint density at radius 1 is 1.23 bits per heavy atom. The number of para-hydroxylation sites is 1. The number of guanidine groups is 1. The van der Waals surface area contributed by atoms with E-state index in [2.05, 4.69) is 10.3 Å². The van der Waals surface area contributed by atoms with Crippen LogP contribution >= 0.6 is 12.4 Å². The third kappa shape index (κ3) is 4.29. The number of ether oxygens (including phenoxy) is 1. The molecule has 2 rings (SSSR count). The van der Waals surface area contributed by atoms with E-state index >= 15 is 0 Å². The Morgan fingerprint density at radius 2 is 1.86 bits per heavy atom. The van der Waals surface area contributed by atoms with E-state index in [0.29, 0.717) is 5.69 Å². The summed E-state index contributed by atoms with van der Waals surface area (Å²) in [7, 11) is 0. The maximum Gasteiger partial charge on any atom is 0.193 e. The van der Waals surface area contributed by atoms with Crippen molar-refractivity contribution >= 4 is 24.1 Å². The molecule has 7 N–H and O–H groups in total. The van der Waals surface area contributed by atoms with E-state index in [4.69, 9.17) is 10.5 Å². The molecule has 22 heavy (non-hydrogen) atoms. The smallest absolute Gasteiger partial charge is 0.193 e. The van der Waals surface area contributed by atoms with Gasteiger partial charge in [-0.15, -0.1) is 12.4 Å². The van der Waals surface area contributed by atoms with Crippen molar-refractivity contribution in [1.29, 1.82) is 0 Å². The van der Waals surface area contributed by atoms with E-state index in [-0.39, 0.29) is 18.4 Å². The highest BCUT2D eigenvalue weighted by molar-refractivity contribution is 5.92. The van der Waals surface area contributed by atoms with E-state index in [1.165, 1.54) is 0 Å². The molecule has 1 aromatic rings. The summed E-state index contributed by atoms with van der Waals surface area (Å²) in [6.07, 6.45) is -5.36. The molecule has 0 aliphatic carbocycles. The summed E-state index contributed by atoms with van der Waals surface area (Å²) in [5, 5.41) is 40.7. The molecule has 1 aliphatic heterocycles. The number of aliphatic hydroxyl groups is 4. The molecule has 0 spiro atoms. The lowest BCUT2D eigenvalue weighted by Gasteiger charge is -2.21. The molecule has 1 saturated heterocycles. The van der Waals surface area contributed by atoms with Gasteiger partial charge in [0.1, 0.15) is 24.4 Å². The summed E-state index contributed by atoms with van der Waals surface area (Å²) in [6, 6.07) is 8.13. The third-order valence-corrected chi connectivity index (χ3v) is 3.19. The molecule has 0 radical (unpaired) electrons. The van der Waals surface area contributed by atoms with Gasteiger partial charge < -0.3 is 36.2 Å². The summed E-state index contributed by atoms with van der Waals surface area (Å²) in [6.45, 7) is -0.460. The maximum atomic E-state index is 9.76. The van der Waals surface area contributed by atoms with Gasteiger partial charge in [0.25, 0.3) is 0 Å². The number of aliphatic imine (C=N–C) groups is 1. The van der Waals surface area contributed by atoms with Gasteiger partial charge in [0.05, 0.1) is 6.61 Å². The van der Waals surface area contributed by atoms with Crippen molar-refractivity contribution in [1.82, 2.24) is 0 Å². The van der Waals surface area contributed by atoms with Gasteiger partial charge in [-0.3, -0.25) is 0 Å². The van der Waals surface area contributed by atoms with Gasteiger partial charge in [-0.2, -0.15) is 0 Å². The molecule has 0 aromatic heterocycles. The Kier molecular flexibility index (Phi) is 7.01. The predicted molar refractivity (Wildman–Crippen MR) is 82.7 cm³/mol. The highest BCUT2D eigenvalue weighted by Crippen LogP contribution is 2.23. The van der Waals surface area contributed by atoms with Gasteiger partial charge in [-0.1, -0.05) is 18.2 Å². The third-order valence-electron chi connectivity index (χ3n) is 3.19. The lowest BCUT2D eigenvalue weighted by atomic mass is 10.0. The minimum Gasteiger partial charge on any atom is -0.394 e. The fourth-order valence-electron chi connectivity index (χ4n) is 2.10. The first-order chi connectivity index (χ1) is 10.0.